The maximum absolute atomic E-state index is 13.3. The zero-order chi connectivity index (χ0) is 13.5. The predicted molar refractivity (Wildman–Crippen MR) is 67.3 cm³/mol. The second kappa shape index (κ2) is 7.08. The van der Waals surface area contributed by atoms with Gasteiger partial charge in [-0.1, -0.05) is 12.1 Å². The second-order valence-corrected chi connectivity index (χ2v) is 4.19. The molecule has 0 radical (unpaired) electrons. The first-order valence-corrected chi connectivity index (χ1v) is 5.79. The highest BCUT2D eigenvalue weighted by Crippen LogP contribution is 2.11. The topological polar surface area (TPSA) is 55.6 Å². The molecule has 0 amide bonds. The van der Waals surface area contributed by atoms with E-state index < -0.39 is 0 Å². The van der Waals surface area contributed by atoms with Crippen LogP contribution < -0.4 is 5.73 Å². The molecule has 0 aliphatic rings. The molecule has 100 valence electrons. The van der Waals surface area contributed by atoms with E-state index >= 15 is 0 Å². The van der Waals surface area contributed by atoms with Gasteiger partial charge >= 0.3 is 5.97 Å². The lowest BCUT2D eigenvalue weighted by Gasteiger charge is -2.16. The Labute approximate surface area is 107 Å². The number of nitrogens with two attached hydrogens (primary N) is 1. The summed E-state index contributed by atoms with van der Waals surface area (Å²) in [5.41, 5.74) is 6.94. The van der Waals surface area contributed by atoms with Gasteiger partial charge in [0, 0.05) is 25.2 Å². The minimum atomic E-state index is -0.279. The van der Waals surface area contributed by atoms with Crippen molar-refractivity contribution in [1.82, 2.24) is 4.90 Å². The smallest absolute Gasteiger partial charge is 0.306 e. The first kappa shape index (κ1) is 14.6. The summed E-state index contributed by atoms with van der Waals surface area (Å²) in [4.78, 5) is 13.0. The van der Waals surface area contributed by atoms with Crippen LogP contribution in [0.15, 0.2) is 18.2 Å². The SMILES string of the molecule is COC(=O)CCN(C)Cc1ccc(F)c(CN)c1. The van der Waals surface area contributed by atoms with Crippen LogP contribution in [-0.2, 0) is 22.6 Å². The number of carbonyl (C=O) groups excluding carboxylic acids is 1. The third kappa shape index (κ3) is 4.43. The molecule has 1 aromatic rings. The average Bonchev–Trinajstić information content (AvgIpc) is 2.38. The molecule has 1 rings (SSSR count). The molecule has 4 nitrogen and oxygen atoms in total. The molecular formula is C13H19FN2O2. The van der Waals surface area contributed by atoms with Gasteiger partial charge in [0.05, 0.1) is 13.5 Å². The van der Waals surface area contributed by atoms with Gasteiger partial charge in [0.2, 0.25) is 0 Å². The standard InChI is InChI=1S/C13H19FN2O2/c1-16(6-5-13(17)18-2)9-10-3-4-12(14)11(7-10)8-15/h3-4,7H,5-6,8-9,15H2,1-2H3. The first-order valence-electron chi connectivity index (χ1n) is 5.79. The third-order valence-corrected chi connectivity index (χ3v) is 2.71. The Hall–Kier alpha value is -1.46. The van der Waals surface area contributed by atoms with Crippen molar-refractivity contribution in [1.29, 1.82) is 0 Å². The number of ether oxygens (including phenoxy) is 1. The fourth-order valence-electron chi connectivity index (χ4n) is 1.66. The summed E-state index contributed by atoms with van der Waals surface area (Å²) in [6.07, 6.45) is 0.345. The lowest BCUT2D eigenvalue weighted by atomic mass is 10.1. The Morgan fingerprint density at radius 2 is 2.22 bits per heavy atom. The Morgan fingerprint density at radius 1 is 1.50 bits per heavy atom. The Morgan fingerprint density at radius 3 is 2.83 bits per heavy atom. The van der Waals surface area contributed by atoms with Gasteiger partial charge < -0.3 is 15.4 Å². The molecule has 1 aromatic carbocycles. The van der Waals surface area contributed by atoms with Crippen molar-refractivity contribution in [2.24, 2.45) is 5.73 Å². The van der Waals surface area contributed by atoms with Crippen LogP contribution in [0.25, 0.3) is 0 Å². The number of nitrogens with zero attached hydrogens (tertiary/aromatic N) is 1. The van der Waals surface area contributed by atoms with E-state index in [-0.39, 0.29) is 18.3 Å². The van der Waals surface area contributed by atoms with Crippen molar-refractivity contribution in [3.63, 3.8) is 0 Å². The molecule has 0 unspecified atom stereocenters. The van der Waals surface area contributed by atoms with E-state index in [9.17, 15) is 9.18 Å². The van der Waals surface area contributed by atoms with Crippen LogP contribution in [0, 0.1) is 5.82 Å². The van der Waals surface area contributed by atoms with Gasteiger partial charge in [-0.2, -0.15) is 0 Å². The largest absolute Gasteiger partial charge is 0.469 e. The molecule has 0 bridgehead atoms. The summed E-state index contributed by atoms with van der Waals surface area (Å²) in [6, 6.07) is 4.90. The summed E-state index contributed by atoms with van der Waals surface area (Å²) in [5, 5.41) is 0. The van der Waals surface area contributed by atoms with E-state index in [1.54, 1.807) is 12.1 Å². The fourth-order valence-corrected chi connectivity index (χ4v) is 1.66. The lowest BCUT2D eigenvalue weighted by molar-refractivity contribution is -0.140. The Bertz CT molecular complexity index is 410. The molecule has 0 aliphatic carbocycles. The van der Waals surface area contributed by atoms with Gasteiger partial charge in [0.15, 0.2) is 0 Å². The molecule has 0 heterocycles. The summed E-state index contributed by atoms with van der Waals surface area (Å²) >= 11 is 0. The maximum Gasteiger partial charge on any atom is 0.306 e. The average molecular weight is 254 g/mol. The number of halogens is 1. The number of hydrogen-bond donors (Lipinski definition) is 1. The number of hydrogen-bond acceptors (Lipinski definition) is 4. The molecule has 5 heteroatoms. The van der Waals surface area contributed by atoms with E-state index in [2.05, 4.69) is 4.74 Å². The van der Waals surface area contributed by atoms with Gasteiger partial charge in [-0.25, -0.2) is 4.39 Å². The third-order valence-electron chi connectivity index (χ3n) is 2.71. The van der Waals surface area contributed by atoms with Crippen LogP contribution in [0.5, 0.6) is 0 Å². The van der Waals surface area contributed by atoms with Crippen LogP contribution in [0.2, 0.25) is 0 Å². The van der Waals surface area contributed by atoms with Crippen molar-refractivity contribution < 1.29 is 13.9 Å². The molecule has 0 spiro atoms. The van der Waals surface area contributed by atoms with Crippen LogP contribution >= 0.6 is 0 Å². The van der Waals surface area contributed by atoms with E-state index in [0.717, 1.165) is 5.56 Å². The van der Waals surface area contributed by atoms with Gasteiger partial charge in [-0.3, -0.25) is 4.79 Å². The van der Waals surface area contributed by atoms with E-state index in [4.69, 9.17) is 5.73 Å². The van der Waals surface area contributed by atoms with E-state index in [0.29, 0.717) is 25.1 Å². The second-order valence-electron chi connectivity index (χ2n) is 4.19. The highest BCUT2D eigenvalue weighted by Gasteiger charge is 2.07. The molecule has 0 saturated carbocycles. The quantitative estimate of drug-likeness (QED) is 0.777. The maximum atomic E-state index is 13.3. The first-order chi connectivity index (χ1) is 8.56. The highest BCUT2D eigenvalue weighted by atomic mass is 19.1. The van der Waals surface area contributed by atoms with Crippen LogP contribution in [0.4, 0.5) is 4.39 Å². The molecule has 0 saturated heterocycles. The molecule has 0 aromatic heterocycles. The Balaban J connectivity index is 2.53. The number of rotatable bonds is 6. The van der Waals surface area contributed by atoms with Crippen molar-refractivity contribution >= 4 is 5.97 Å². The van der Waals surface area contributed by atoms with E-state index in [1.807, 2.05) is 11.9 Å². The fraction of sp³-hybridized carbons (Fsp3) is 0.462. The minimum Gasteiger partial charge on any atom is -0.469 e. The molecule has 0 aliphatic heterocycles. The van der Waals surface area contributed by atoms with Crippen molar-refractivity contribution in [3.8, 4) is 0 Å². The van der Waals surface area contributed by atoms with Crippen LogP contribution in [0.3, 0.4) is 0 Å². The molecular weight excluding hydrogens is 235 g/mol. The molecule has 18 heavy (non-hydrogen) atoms. The van der Waals surface area contributed by atoms with Crippen LogP contribution in [0.1, 0.15) is 17.5 Å². The minimum absolute atomic E-state index is 0.186. The molecule has 0 fully saturated rings. The van der Waals surface area contributed by atoms with Gasteiger partial charge in [-0.15, -0.1) is 0 Å². The lowest BCUT2D eigenvalue weighted by Crippen LogP contribution is -2.22. The zero-order valence-corrected chi connectivity index (χ0v) is 10.8. The summed E-state index contributed by atoms with van der Waals surface area (Å²) < 4.78 is 17.8. The normalized spacial score (nSPS) is 10.7. The van der Waals surface area contributed by atoms with Crippen molar-refractivity contribution in [2.75, 3.05) is 20.7 Å². The van der Waals surface area contributed by atoms with Crippen LogP contribution in [-0.4, -0.2) is 31.6 Å². The monoisotopic (exact) mass is 254 g/mol. The number of esters is 1. The van der Waals surface area contributed by atoms with Crippen molar-refractivity contribution in [2.45, 2.75) is 19.5 Å². The molecule has 0 atom stereocenters. The number of carbonyl (C=O) groups is 1. The summed E-state index contributed by atoms with van der Waals surface area (Å²) in [5.74, 6) is -0.512. The number of benzene rings is 1. The van der Waals surface area contributed by atoms with Gasteiger partial charge in [0.25, 0.3) is 0 Å². The van der Waals surface area contributed by atoms with Gasteiger partial charge in [-0.05, 0) is 18.7 Å². The Kier molecular flexibility index (Phi) is 5.74. The van der Waals surface area contributed by atoms with E-state index in [1.165, 1.54) is 13.2 Å². The number of methoxy groups -OCH3 is 1. The van der Waals surface area contributed by atoms with Gasteiger partial charge in [0.1, 0.15) is 5.82 Å². The van der Waals surface area contributed by atoms with Crippen molar-refractivity contribution in [3.05, 3.63) is 35.1 Å². The predicted octanol–water partition coefficient (Wildman–Crippen LogP) is 1.28. The summed E-state index contributed by atoms with van der Waals surface area (Å²) in [6.45, 7) is 1.43. The molecule has 2 N–H and O–H groups in total. The zero-order valence-electron chi connectivity index (χ0n) is 10.8. The summed E-state index contributed by atoms with van der Waals surface area (Å²) in [7, 11) is 3.27. The highest BCUT2D eigenvalue weighted by molar-refractivity contribution is 5.69.